The van der Waals surface area contributed by atoms with E-state index in [0.717, 1.165) is 11.1 Å². The van der Waals surface area contributed by atoms with Crippen molar-refractivity contribution < 1.29 is 4.39 Å². The molecule has 1 aliphatic rings. The lowest BCUT2D eigenvalue weighted by molar-refractivity contribution is 0.560. The summed E-state index contributed by atoms with van der Waals surface area (Å²) in [4.78, 5) is 0. The van der Waals surface area contributed by atoms with Crippen LogP contribution in [0.5, 0.6) is 0 Å². The van der Waals surface area contributed by atoms with Gasteiger partial charge in [0, 0.05) is 11.6 Å². The molecule has 2 heteroatoms. The largest absolute Gasteiger partial charge is 0.313 e. The molecule has 1 aliphatic carbocycles. The molecule has 1 saturated carbocycles. The van der Waals surface area contributed by atoms with Gasteiger partial charge in [0.05, 0.1) is 0 Å². The van der Waals surface area contributed by atoms with Crippen LogP contribution in [-0.4, -0.2) is 7.05 Å². The van der Waals surface area contributed by atoms with Crippen molar-refractivity contribution in [1.29, 1.82) is 0 Å². The Kier molecular flexibility index (Phi) is 2.55. The van der Waals surface area contributed by atoms with Gasteiger partial charge in [-0.2, -0.15) is 0 Å². The first-order valence-electron chi connectivity index (χ1n) is 5.19. The molecule has 1 aromatic carbocycles. The van der Waals surface area contributed by atoms with Gasteiger partial charge in [0.1, 0.15) is 5.82 Å². The molecule has 1 nitrogen and oxygen atoms in total. The first kappa shape index (κ1) is 9.66. The molecule has 1 atom stereocenters. The first-order chi connectivity index (χ1) is 6.72. The summed E-state index contributed by atoms with van der Waals surface area (Å²) in [6.07, 6.45) is 2.45. The quantitative estimate of drug-likeness (QED) is 0.778. The van der Waals surface area contributed by atoms with Crippen LogP contribution in [0.25, 0.3) is 0 Å². The molecule has 76 valence electrons. The lowest BCUT2D eigenvalue weighted by atomic mass is 10.0. The number of hydrogen-bond acceptors (Lipinski definition) is 1. The van der Waals surface area contributed by atoms with Crippen LogP contribution >= 0.6 is 0 Å². The second kappa shape index (κ2) is 3.70. The minimum atomic E-state index is -0.0729. The molecule has 1 fully saturated rings. The third kappa shape index (κ3) is 1.80. The van der Waals surface area contributed by atoms with Crippen LogP contribution in [0.1, 0.15) is 42.9 Å². The van der Waals surface area contributed by atoms with Gasteiger partial charge in [-0.05, 0) is 44.4 Å². The number of nitrogens with one attached hydrogen (secondary N) is 1. The molecule has 0 radical (unpaired) electrons. The highest BCUT2D eigenvalue weighted by Gasteiger charge is 2.24. The molecule has 0 aromatic heterocycles. The summed E-state index contributed by atoms with van der Waals surface area (Å²) in [6, 6.07) is 5.75. The average Bonchev–Trinajstić information content (AvgIpc) is 3.00. The van der Waals surface area contributed by atoms with Crippen LogP contribution in [0.15, 0.2) is 18.2 Å². The van der Waals surface area contributed by atoms with Gasteiger partial charge in [-0.25, -0.2) is 4.39 Å². The predicted octanol–water partition coefficient (Wildman–Crippen LogP) is 2.98. The molecule has 0 heterocycles. The van der Waals surface area contributed by atoms with E-state index in [1.54, 1.807) is 6.07 Å². The molecule has 0 spiro atoms. The van der Waals surface area contributed by atoms with E-state index < -0.39 is 0 Å². The molecule has 2 rings (SSSR count). The fraction of sp³-hybridized carbons (Fsp3) is 0.500. The molecular formula is C12H16FN. The lowest BCUT2D eigenvalue weighted by Crippen LogP contribution is -2.13. The molecule has 0 saturated heterocycles. The number of hydrogen-bond donors (Lipinski definition) is 1. The molecular weight excluding hydrogens is 177 g/mol. The smallest absolute Gasteiger partial charge is 0.128 e. The summed E-state index contributed by atoms with van der Waals surface area (Å²) in [6.45, 7) is 1.97. The minimum Gasteiger partial charge on any atom is -0.313 e. The van der Waals surface area contributed by atoms with Crippen molar-refractivity contribution in [2.45, 2.75) is 31.7 Å². The number of rotatable bonds is 3. The Hall–Kier alpha value is -0.890. The summed E-state index contributed by atoms with van der Waals surface area (Å²) < 4.78 is 13.6. The van der Waals surface area contributed by atoms with Crippen molar-refractivity contribution >= 4 is 0 Å². The molecule has 1 aromatic rings. The van der Waals surface area contributed by atoms with Crippen LogP contribution in [0, 0.1) is 5.82 Å². The summed E-state index contributed by atoms with van der Waals surface area (Å²) in [5.41, 5.74) is 1.92. The van der Waals surface area contributed by atoms with Crippen molar-refractivity contribution in [3.05, 3.63) is 35.1 Å². The van der Waals surface area contributed by atoms with Crippen LogP contribution in [0.2, 0.25) is 0 Å². The maximum absolute atomic E-state index is 13.6. The van der Waals surface area contributed by atoms with E-state index >= 15 is 0 Å². The van der Waals surface area contributed by atoms with Crippen molar-refractivity contribution in [2.24, 2.45) is 0 Å². The summed E-state index contributed by atoms with van der Waals surface area (Å²) in [5.74, 6) is 0.555. The van der Waals surface area contributed by atoms with Crippen molar-refractivity contribution in [3.8, 4) is 0 Å². The Bertz CT molecular complexity index is 331. The second-order valence-corrected chi connectivity index (χ2v) is 4.07. The van der Waals surface area contributed by atoms with Crippen LogP contribution < -0.4 is 5.32 Å². The Morgan fingerprint density at radius 2 is 2.14 bits per heavy atom. The maximum Gasteiger partial charge on any atom is 0.128 e. The summed E-state index contributed by atoms with van der Waals surface area (Å²) in [7, 11) is 1.85. The van der Waals surface area contributed by atoms with Crippen LogP contribution in [0.4, 0.5) is 4.39 Å². The van der Waals surface area contributed by atoms with E-state index in [9.17, 15) is 4.39 Å². The lowest BCUT2D eigenvalue weighted by Gasteiger charge is -2.12. The van der Waals surface area contributed by atoms with Gasteiger partial charge in [0.2, 0.25) is 0 Å². The van der Waals surface area contributed by atoms with Crippen molar-refractivity contribution in [3.63, 3.8) is 0 Å². The molecule has 0 bridgehead atoms. The Morgan fingerprint density at radius 3 is 2.64 bits per heavy atom. The second-order valence-electron chi connectivity index (χ2n) is 4.07. The SMILES string of the molecule is CNC(C)c1ccc(C2CC2)cc1F. The van der Waals surface area contributed by atoms with Gasteiger partial charge in [-0.15, -0.1) is 0 Å². The molecule has 0 amide bonds. The van der Waals surface area contributed by atoms with Crippen LogP contribution in [-0.2, 0) is 0 Å². The van der Waals surface area contributed by atoms with Gasteiger partial charge in [-0.1, -0.05) is 12.1 Å². The number of halogens is 1. The highest BCUT2D eigenvalue weighted by molar-refractivity contribution is 5.30. The topological polar surface area (TPSA) is 12.0 Å². The van der Waals surface area contributed by atoms with Gasteiger partial charge in [0.15, 0.2) is 0 Å². The molecule has 1 N–H and O–H groups in total. The standard InChI is InChI=1S/C12H16FN/c1-8(14-2)11-6-5-10(7-12(11)13)9-3-4-9/h5-9,14H,3-4H2,1-2H3. The zero-order valence-corrected chi connectivity index (χ0v) is 8.68. The fourth-order valence-corrected chi connectivity index (χ4v) is 1.72. The van der Waals surface area contributed by atoms with E-state index in [0.29, 0.717) is 5.92 Å². The average molecular weight is 193 g/mol. The van der Waals surface area contributed by atoms with Crippen molar-refractivity contribution in [2.75, 3.05) is 7.05 Å². The van der Waals surface area contributed by atoms with E-state index in [4.69, 9.17) is 0 Å². The minimum absolute atomic E-state index is 0.0729. The Morgan fingerprint density at radius 1 is 1.43 bits per heavy atom. The van der Waals surface area contributed by atoms with Gasteiger partial charge in [0.25, 0.3) is 0 Å². The highest BCUT2D eigenvalue weighted by atomic mass is 19.1. The maximum atomic E-state index is 13.6. The van der Waals surface area contributed by atoms with Crippen molar-refractivity contribution in [1.82, 2.24) is 5.32 Å². The van der Waals surface area contributed by atoms with E-state index in [1.165, 1.54) is 12.8 Å². The highest BCUT2D eigenvalue weighted by Crippen LogP contribution is 2.40. The predicted molar refractivity (Wildman–Crippen MR) is 55.8 cm³/mol. The summed E-state index contributed by atoms with van der Waals surface area (Å²) >= 11 is 0. The zero-order chi connectivity index (χ0) is 10.1. The monoisotopic (exact) mass is 193 g/mol. The molecule has 1 unspecified atom stereocenters. The zero-order valence-electron chi connectivity index (χ0n) is 8.68. The van der Waals surface area contributed by atoms with Gasteiger partial charge in [-0.3, -0.25) is 0 Å². The fourth-order valence-electron chi connectivity index (χ4n) is 1.72. The third-order valence-electron chi connectivity index (χ3n) is 2.97. The van der Waals surface area contributed by atoms with Gasteiger partial charge < -0.3 is 5.32 Å². The van der Waals surface area contributed by atoms with E-state index in [-0.39, 0.29) is 11.9 Å². The van der Waals surface area contributed by atoms with E-state index in [2.05, 4.69) is 11.4 Å². The number of benzene rings is 1. The molecule has 14 heavy (non-hydrogen) atoms. The van der Waals surface area contributed by atoms with Gasteiger partial charge >= 0.3 is 0 Å². The Balaban J connectivity index is 2.26. The third-order valence-corrected chi connectivity index (χ3v) is 2.97. The van der Waals surface area contributed by atoms with Crippen LogP contribution in [0.3, 0.4) is 0 Å². The summed E-state index contributed by atoms with van der Waals surface area (Å²) in [5, 5.41) is 3.05. The normalized spacial score (nSPS) is 18.2. The van der Waals surface area contributed by atoms with E-state index in [1.807, 2.05) is 20.0 Å². The Labute approximate surface area is 84.3 Å². The molecule has 0 aliphatic heterocycles. The first-order valence-corrected chi connectivity index (χ1v) is 5.19.